The van der Waals surface area contributed by atoms with Gasteiger partial charge >= 0.3 is 11.9 Å². The summed E-state index contributed by atoms with van der Waals surface area (Å²) in [5, 5.41) is 33.1. The number of aliphatic carboxylic acids is 2. The van der Waals surface area contributed by atoms with E-state index in [1.165, 1.54) is 0 Å². The molecule has 0 aliphatic carbocycles. The van der Waals surface area contributed by atoms with Crippen LogP contribution >= 0.6 is 0 Å². The molecule has 0 amide bonds. The number of carboxylic acid groups (broad SMARTS) is 2. The molecule has 4 N–H and O–H groups in total. The molecule has 0 radical (unpaired) electrons. The molecule has 0 saturated carbocycles. The highest BCUT2D eigenvalue weighted by Gasteiger charge is 1.98. The van der Waals surface area contributed by atoms with Crippen molar-refractivity contribution in [1.82, 2.24) is 0 Å². The summed E-state index contributed by atoms with van der Waals surface area (Å²) in [6, 6.07) is 0. The molecule has 0 aromatic rings. The fraction of sp³-hybridized carbons (Fsp3) is 0.846. The highest BCUT2D eigenvalue weighted by atomic mass is 16.4. The quantitative estimate of drug-likeness (QED) is 0.451. The average molecular weight is 278 g/mol. The van der Waals surface area contributed by atoms with E-state index in [2.05, 4.69) is 0 Å². The van der Waals surface area contributed by atoms with Crippen LogP contribution in [0.4, 0.5) is 0 Å². The Labute approximate surface area is 114 Å². The molecule has 0 aliphatic rings. The van der Waals surface area contributed by atoms with Crippen LogP contribution in [-0.2, 0) is 9.59 Å². The van der Waals surface area contributed by atoms with Crippen molar-refractivity contribution in [3.05, 3.63) is 0 Å². The summed E-state index contributed by atoms with van der Waals surface area (Å²) in [6.45, 7) is 1.73. The molecule has 0 spiro atoms. The fourth-order valence-corrected chi connectivity index (χ4v) is 1.27. The molecule has 6 heteroatoms. The van der Waals surface area contributed by atoms with Crippen molar-refractivity contribution < 1.29 is 30.0 Å². The van der Waals surface area contributed by atoms with Gasteiger partial charge in [-0.25, -0.2) is 0 Å². The Morgan fingerprint density at radius 3 is 1.47 bits per heavy atom. The van der Waals surface area contributed by atoms with Gasteiger partial charge in [0.15, 0.2) is 0 Å². The molecule has 1 unspecified atom stereocenters. The highest BCUT2D eigenvalue weighted by molar-refractivity contribution is 5.66. The Morgan fingerprint density at radius 1 is 0.895 bits per heavy atom. The lowest BCUT2D eigenvalue weighted by Crippen LogP contribution is -2.00. The van der Waals surface area contributed by atoms with Gasteiger partial charge in [0.25, 0.3) is 0 Å². The lowest BCUT2D eigenvalue weighted by atomic mass is 10.1. The van der Waals surface area contributed by atoms with E-state index in [0.29, 0.717) is 19.3 Å². The fourth-order valence-electron chi connectivity index (χ4n) is 1.27. The number of aliphatic hydroxyl groups is 2. The molecule has 0 aromatic carbocycles. The Morgan fingerprint density at radius 2 is 1.26 bits per heavy atom. The van der Waals surface area contributed by atoms with Crippen LogP contribution in [0.3, 0.4) is 0 Å². The third-order valence-corrected chi connectivity index (χ3v) is 2.33. The van der Waals surface area contributed by atoms with Crippen molar-refractivity contribution in [2.45, 2.75) is 64.4 Å². The third-order valence-electron chi connectivity index (χ3n) is 2.33. The van der Waals surface area contributed by atoms with Gasteiger partial charge in [-0.15, -0.1) is 0 Å². The Hall–Kier alpha value is -1.14. The predicted molar refractivity (Wildman–Crippen MR) is 71.0 cm³/mol. The average Bonchev–Trinajstić information content (AvgIpc) is 2.27. The molecular formula is C13H26O6. The molecule has 1 atom stereocenters. The smallest absolute Gasteiger partial charge is 0.303 e. The number of carbonyl (C=O) groups is 2. The van der Waals surface area contributed by atoms with Crippen molar-refractivity contribution >= 4 is 11.9 Å². The van der Waals surface area contributed by atoms with Crippen LogP contribution in [0.25, 0.3) is 0 Å². The summed E-state index contributed by atoms with van der Waals surface area (Å²) < 4.78 is 0. The zero-order valence-electron chi connectivity index (χ0n) is 11.5. The Kier molecular flexibility index (Phi) is 15.8. The minimum Gasteiger partial charge on any atom is -0.481 e. The molecule has 114 valence electrons. The first kappa shape index (κ1) is 20.2. The van der Waals surface area contributed by atoms with E-state index in [-0.39, 0.29) is 25.6 Å². The number of hydrogen-bond donors (Lipinski definition) is 4. The molecule has 0 fully saturated rings. The first-order chi connectivity index (χ1) is 8.90. The van der Waals surface area contributed by atoms with Crippen molar-refractivity contribution in [3.63, 3.8) is 0 Å². The topological polar surface area (TPSA) is 115 Å². The van der Waals surface area contributed by atoms with Crippen LogP contribution in [0.1, 0.15) is 58.3 Å². The molecular weight excluding hydrogens is 252 g/mol. The van der Waals surface area contributed by atoms with Crippen LogP contribution in [-0.4, -0.2) is 45.1 Å². The summed E-state index contributed by atoms with van der Waals surface area (Å²) in [5.41, 5.74) is 0. The van der Waals surface area contributed by atoms with Crippen LogP contribution < -0.4 is 0 Å². The van der Waals surface area contributed by atoms with Gasteiger partial charge in [-0.3, -0.25) is 9.59 Å². The van der Waals surface area contributed by atoms with Gasteiger partial charge < -0.3 is 20.4 Å². The van der Waals surface area contributed by atoms with Gasteiger partial charge in [-0.2, -0.15) is 0 Å². The van der Waals surface area contributed by atoms with E-state index in [4.69, 9.17) is 20.4 Å². The largest absolute Gasteiger partial charge is 0.481 e. The molecule has 0 rings (SSSR count). The molecule has 0 heterocycles. The summed E-state index contributed by atoms with van der Waals surface area (Å²) >= 11 is 0. The number of carboxylic acids is 2. The normalized spacial score (nSPS) is 11.3. The van der Waals surface area contributed by atoms with Gasteiger partial charge in [0.1, 0.15) is 0 Å². The SMILES string of the molecule is CC(O)CCO.O=C(O)CCCCCCCC(=O)O. The summed E-state index contributed by atoms with van der Waals surface area (Å²) in [7, 11) is 0. The second kappa shape index (κ2) is 14.9. The van der Waals surface area contributed by atoms with E-state index in [9.17, 15) is 9.59 Å². The van der Waals surface area contributed by atoms with Gasteiger partial charge in [0.05, 0.1) is 6.10 Å². The maximum absolute atomic E-state index is 10.1. The summed E-state index contributed by atoms with van der Waals surface area (Å²) in [4.78, 5) is 20.2. The zero-order chi connectivity index (χ0) is 15.1. The third kappa shape index (κ3) is 26.5. The van der Waals surface area contributed by atoms with Gasteiger partial charge in [-0.05, 0) is 26.2 Å². The monoisotopic (exact) mass is 278 g/mol. The van der Waals surface area contributed by atoms with Gasteiger partial charge in [0.2, 0.25) is 0 Å². The van der Waals surface area contributed by atoms with Crippen LogP contribution in [0.2, 0.25) is 0 Å². The first-order valence-corrected chi connectivity index (χ1v) is 6.62. The highest BCUT2D eigenvalue weighted by Crippen LogP contribution is 2.06. The molecule has 19 heavy (non-hydrogen) atoms. The maximum Gasteiger partial charge on any atom is 0.303 e. The van der Waals surface area contributed by atoms with Gasteiger partial charge in [0, 0.05) is 19.4 Å². The molecule has 6 nitrogen and oxygen atoms in total. The second-order valence-electron chi connectivity index (χ2n) is 4.42. The first-order valence-electron chi connectivity index (χ1n) is 6.62. The lowest BCUT2D eigenvalue weighted by molar-refractivity contribution is -0.138. The summed E-state index contributed by atoms with van der Waals surface area (Å²) in [5.74, 6) is -1.52. The van der Waals surface area contributed by atoms with E-state index < -0.39 is 11.9 Å². The zero-order valence-corrected chi connectivity index (χ0v) is 11.5. The number of rotatable bonds is 10. The maximum atomic E-state index is 10.1. The van der Waals surface area contributed by atoms with Gasteiger partial charge in [-0.1, -0.05) is 19.3 Å². The number of hydrogen-bond acceptors (Lipinski definition) is 4. The Balaban J connectivity index is 0. The van der Waals surface area contributed by atoms with Crippen molar-refractivity contribution in [2.75, 3.05) is 6.61 Å². The van der Waals surface area contributed by atoms with E-state index in [0.717, 1.165) is 19.3 Å². The number of unbranched alkanes of at least 4 members (excludes halogenated alkanes) is 4. The summed E-state index contributed by atoms with van der Waals surface area (Å²) in [6.07, 6.45) is 4.66. The second-order valence-corrected chi connectivity index (χ2v) is 4.42. The van der Waals surface area contributed by atoms with Crippen molar-refractivity contribution in [3.8, 4) is 0 Å². The van der Waals surface area contributed by atoms with Crippen LogP contribution in [0.5, 0.6) is 0 Å². The minimum atomic E-state index is -0.759. The van der Waals surface area contributed by atoms with Crippen molar-refractivity contribution in [1.29, 1.82) is 0 Å². The predicted octanol–water partition coefficient (Wildman–Crippen LogP) is 1.64. The minimum absolute atomic E-state index is 0.0810. The molecule has 0 aromatic heterocycles. The number of aliphatic hydroxyl groups excluding tert-OH is 2. The van der Waals surface area contributed by atoms with Crippen molar-refractivity contribution in [2.24, 2.45) is 0 Å². The lowest BCUT2D eigenvalue weighted by Gasteiger charge is -1.97. The van der Waals surface area contributed by atoms with Crippen LogP contribution in [0.15, 0.2) is 0 Å². The van der Waals surface area contributed by atoms with E-state index >= 15 is 0 Å². The standard InChI is InChI=1S/C9H16O4.C4H10O2/c10-8(11)6-4-2-1-3-5-7-9(12)13;1-4(6)2-3-5/h1-7H2,(H,10,11)(H,12,13);4-6H,2-3H2,1H3. The molecule has 0 aliphatic heterocycles. The molecule has 0 bridgehead atoms. The van der Waals surface area contributed by atoms with Crippen LogP contribution in [0, 0.1) is 0 Å². The van der Waals surface area contributed by atoms with E-state index in [1.807, 2.05) is 0 Å². The van der Waals surface area contributed by atoms with E-state index in [1.54, 1.807) is 6.92 Å². The Bertz CT molecular complexity index is 209. The molecule has 0 saturated heterocycles.